The molecule has 1 fully saturated rings. The minimum absolute atomic E-state index is 0.316. The number of carboxylic acids is 1. The van der Waals surface area contributed by atoms with E-state index in [2.05, 4.69) is 33.1 Å². The Morgan fingerprint density at radius 3 is 2.59 bits per heavy atom. The average Bonchev–Trinajstić information content (AvgIpc) is 3.10. The molecule has 120 valence electrons. The van der Waals surface area contributed by atoms with Crippen molar-refractivity contribution in [2.45, 2.75) is 52.4 Å². The van der Waals surface area contributed by atoms with Crippen LogP contribution in [0.2, 0.25) is 0 Å². The van der Waals surface area contributed by atoms with Gasteiger partial charge < -0.3 is 5.11 Å². The quantitative estimate of drug-likeness (QED) is 0.628. The Morgan fingerprint density at radius 2 is 2.14 bits per heavy atom. The second-order valence-corrected chi connectivity index (χ2v) is 6.84. The highest BCUT2D eigenvalue weighted by atomic mass is 16.4. The molecule has 1 saturated carbocycles. The van der Waals surface area contributed by atoms with Crippen molar-refractivity contribution < 1.29 is 9.90 Å². The van der Waals surface area contributed by atoms with E-state index in [0.29, 0.717) is 18.3 Å². The van der Waals surface area contributed by atoms with Gasteiger partial charge in [-0.3, -0.25) is 4.79 Å². The summed E-state index contributed by atoms with van der Waals surface area (Å²) >= 11 is 0. The zero-order valence-corrected chi connectivity index (χ0v) is 13.9. The van der Waals surface area contributed by atoms with Crippen LogP contribution in [0.25, 0.3) is 0 Å². The lowest BCUT2D eigenvalue weighted by molar-refractivity contribution is -0.151. The van der Waals surface area contributed by atoms with Gasteiger partial charge in [0.1, 0.15) is 0 Å². The SMILES string of the molecule is C=CC1=C(C=C)C(CC(CCCC)(C(=O)O)C2CC2C)=CC1. The van der Waals surface area contributed by atoms with Gasteiger partial charge in [0.15, 0.2) is 0 Å². The maximum Gasteiger partial charge on any atom is 0.310 e. The first-order valence-electron chi connectivity index (χ1n) is 8.41. The van der Waals surface area contributed by atoms with Crippen LogP contribution < -0.4 is 0 Å². The number of rotatable bonds is 9. The summed E-state index contributed by atoms with van der Waals surface area (Å²) in [5.74, 6) is 0.230. The van der Waals surface area contributed by atoms with Gasteiger partial charge in [0.25, 0.3) is 0 Å². The second kappa shape index (κ2) is 6.68. The Hall–Kier alpha value is -1.57. The van der Waals surface area contributed by atoms with Gasteiger partial charge in [0.2, 0.25) is 0 Å². The summed E-state index contributed by atoms with van der Waals surface area (Å²) in [6.07, 6.45) is 11.2. The smallest absolute Gasteiger partial charge is 0.310 e. The Kier molecular flexibility index (Phi) is 5.10. The topological polar surface area (TPSA) is 37.3 Å². The lowest BCUT2D eigenvalue weighted by Gasteiger charge is -2.31. The van der Waals surface area contributed by atoms with Crippen LogP contribution in [0, 0.1) is 17.3 Å². The summed E-state index contributed by atoms with van der Waals surface area (Å²) in [4.78, 5) is 12.2. The number of hydrogen-bond donors (Lipinski definition) is 1. The fraction of sp³-hybridized carbons (Fsp3) is 0.550. The third-order valence-corrected chi connectivity index (χ3v) is 5.44. The van der Waals surface area contributed by atoms with E-state index in [1.165, 1.54) is 5.57 Å². The molecule has 1 N–H and O–H groups in total. The van der Waals surface area contributed by atoms with Crippen molar-refractivity contribution in [3.63, 3.8) is 0 Å². The maximum absolute atomic E-state index is 12.2. The van der Waals surface area contributed by atoms with Crippen LogP contribution in [0.3, 0.4) is 0 Å². The van der Waals surface area contributed by atoms with Crippen LogP contribution >= 0.6 is 0 Å². The van der Waals surface area contributed by atoms with Crippen molar-refractivity contribution in [3.8, 4) is 0 Å². The Balaban J connectivity index is 2.31. The van der Waals surface area contributed by atoms with Crippen LogP contribution in [0.1, 0.15) is 52.4 Å². The van der Waals surface area contributed by atoms with Gasteiger partial charge in [-0.05, 0) is 54.2 Å². The van der Waals surface area contributed by atoms with E-state index < -0.39 is 11.4 Å². The van der Waals surface area contributed by atoms with Gasteiger partial charge in [-0.25, -0.2) is 0 Å². The molecule has 22 heavy (non-hydrogen) atoms. The van der Waals surface area contributed by atoms with Crippen molar-refractivity contribution in [1.82, 2.24) is 0 Å². The van der Waals surface area contributed by atoms with E-state index in [1.807, 2.05) is 12.2 Å². The molecule has 2 nitrogen and oxygen atoms in total. The zero-order chi connectivity index (χ0) is 16.3. The van der Waals surface area contributed by atoms with Gasteiger partial charge in [-0.2, -0.15) is 0 Å². The fourth-order valence-electron chi connectivity index (χ4n) is 3.95. The number of aliphatic carboxylic acids is 1. The minimum atomic E-state index is -0.619. The number of carboxylic acid groups (broad SMARTS) is 1. The first-order valence-corrected chi connectivity index (χ1v) is 8.41. The molecular formula is C20H28O2. The van der Waals surface area contributed by atoms with Crippen molar-refractivity contribution in [2.24, 2.45) is 17.3 Å². The summed E-state index contributed by atoms with van der Waals surface area (Å²) in [6, 6.07) is 0. The van der Waals surface area contributed by atoms with Gasteiger partial charge in [-0.15, -0.1) is 0 Å². The summed E-state index contributed by atoms with van der Waals surface area (Å²) in [6.45, 7) is 12.1. The van der Waals surface area contributed by atoms with Crippen LogP contribution in [0.15, 0.2) is 48.1 Å². The minimum Gasteiger partial charge on any atom is -0.481 e. The lowest BCUT2D eigenvalue weighted by Crippen LogP contribution is -2.34. The van der Waals surface area contributed by atoms with E-state index >= 15 is 0 Å². The third-order valence-electron chi connectivity index (χ3n) is 5.44. The van der Waals surface area contributed by atoms with Crippen LogP contribution in [0.5, 0.6) is 0 Å². The highest BCUT2D eigenvalue weighted by Gasteiger charge is 2.55. The largest absolute Gasteiger partial charge is 0.481 e. The summed E-state index contributed by atoms with van der Waals surface area (Å²) in [5, 5.41) is 10.0. The molecule has 3 unspecified atom stereocenters. The molecule has 2 heteroatoms. The predicted molar refractivity (Wildman–Crippen MR) is 91.6 cm³/mol. The molecule has 2 rings (SSSR count). The summed E-state index contributed by atoms with van der Waals surface area (Å²) in [5.41, 5.74) is 2.82. The molecule has 3 atom stereocenters. The molecule has 0 saturated heterocycles. The van der Waals surface area contributed by atoms with E-state index in [0.717, 1.165) is 43.3 Å². The van der Waals surface area contributed by atoms with Crippen molar-refractivity contribution >= 4 is 5.97 Å². The van der Waals surface area contributed by atoms with E-state index in [9.17, 15) is 9.90 Å². The first kappa shape index (κ1) is 16.8. The van der Waals surface area contributed by atoms with Gasteiger partial charge in [-0.1, -0.05) is 58.1 Å². The molecule has 2 aliphatic rings. The Bertz CT molecular complexity index is 538. The lowest BCUT2D eigenvalue weighted by atomic mass is 9.71. The fourth-order valence-corrected chi connectivity index (χ4v) is 3.95. The first-order chi connectivity index (χ1) is 10.5. The third kappa shape index (κ3) is 2.97. The number of hydrogen-bond acceptors (Lipinski definition) is 1. The average molecular weight is 300 g/mol. The molecule has 2 aliphatic carbocycles. The number of allylic oxidation sites excluding steroid dienone is 6. The molecule has 0 bridgehead atoms. The van der Waals surface area contributed by atoms with Crippen LogP contribution in [-0.2, 0) is 4.79 Å². The maximum atomic E-state index is 12.2. The molecule has 0 aromatic rings. The molecule has 0 aromatic heterocycles. The molecule has 0 radical (unpaired) electrons. The van der Waals surface area contributed by atoms with E-state index in [4.69, 9.17) is 0 Å². The standard InChI is InChI=1S/C20H28O2/c1-5-8-11-20(19(21)22,18-12-14(18)4)13-16-10-9-15(6-2)17(16)7-3/h6-7,10,14,18H,2-3,5,8-9,11-13H2,1,4H3,(H,21,22). The second-order valence-electron chi connectivity index (χ2n) is 6.84. The van der Waals surface area contributed by atoms with Crippen molar-refractivity contribution in [2.75, 3.05) is 0 Å². The number of carbonyl (C=O) groups is 1. The van der Waals surface area contributed by atoms with E-state index in [-0.39, 0.29) is 0 Å². The summed E-state index contributed by atoms with van der Waals surface area (Å²) in [7, 11) is 0. The zero-order valence-electron chi connectivity index (χ0n) is 13.9. The molecular weight excluding hydrogens is 272 g/mol. The molecule has 0 aliphatic heterocycles. The van der Waals surface area contributed by atoms with E-state index in [1.54, 1.807) is 0 Å². The summed E-state index contributed by atoms with van der Waals surface area (Å²) < 4.78 is 0. The Labute approximate surface area is 134 Å². The highest BCUT2D eigenvalue weighted by molar-refractivity contribution is 5.77. The predicted octanol–water partition coefficient (Wildman–Crippen LogP) is 5.29. The Morgan fingerprint density at radius 1 is 1.45 bits per heavy atom. The highest BCUT2D eigenvalue weighted by Crippen LogP contribution is 2.57. The van der Waals surface area contributed by atoms with Crippen LogP contribution in [-0.4, -0.2) is 11.1 Å². The van der Waals surface area contributed by atoms with Crippen molar-refractivity contribution in [3.05, 3.63) is 48.1 Å². The monoisotopic (exact) mass is 300 g/mol. The molecule has 0 aromatic carbocycles. The van der Waals surface area contributed by atoms with Gasteiger partial charge in [0.05, 0.1) is 5.41 Å². The van der Waals surface area contributed by atoms with Gasteiger partial charge in [0, 0.05) is 0 Å². The number of unbranched alkanes of at least 4 members (excludes halogenated alkanes) is 1. The molecule has 0 spiro atoms. The molecule has 0 amide bonds. The normalized spacial score (nSPS) is 26.4. The van der Waals surface area contributed by atoms with Gasteiger partial charge >= 0.3 is 5.97 Å². The van der Waals surface area contributed by atoms with Crippen molar-refractivity contribution in [1.29, 1.82) is 0 Å². The molecule has 0 heterocycles. The van der Waals surface area contributed by atoms with Crippen LogP contribution in [0.4, 0.5) is 0 Å².